The van der Waals surface area contributed by atoms with Gasteiger partial charge >= 0.3 is 0 Å². The number of carbonyl (C=O) groups excluding carboxylic acids is 1. The summed E-state index contributed by atoms with van der Waals surface area (Å²) in [6.07, 6.45) is 3.69. The number of nitrogens with zero attached hydrogens (tertiary/aromatic N) is 2. The largest absolute Gasteiger partial charge is 0.349 e. The average Bonchev–Trinajstić information content (AvgIpc) is 3.16. The van der Waals surface area contributed by atoms with Crippen LogP contribution in [-0.2, 0) is 11.3 Å². The van der Waals surface area contributed by atoms with E-state index in [0.29, 0.717) is 30.5 Å². The van der Waals surface area contributed by atoms with Crippen molar-refractivity contribution in [3.8, 4) is 11.4 Å². The molecule has 0 unspecified atom stereocenters. The van der Waals surface area contributed by atoms with Crippen molar-refractivity contribution in [2.24, 2.45) is 11.7 Å². The summed E-state index contributed by atoms with van der Waals surface area (Å²) in [6, 6.07) is 7.93. The lowest BCUT2D eigenvalue weighted by Crippen LogP contribution is -2.31. The Morgan fingerprint density at radius 2 is 2.13 bits per heavy atom. The molecule has 1 aliphatic carbocycles. The summed E-state index contributed by atoms with van der Waals surface area (Å²) in [5.74, 6) is 1.60. The van der Waals surface area contributed by atoms with E-state index in [2.05, 4.69) is 36.4 Å². The summed E-state index contributed by atoms with van der Waals surface area (Å²) in [5, 5.41) is 9.94. The Morgan fingerprint density at radius 3 is 2.83 bits per heavy atom. The molecule has 0 saturated heterocycles. The van der Waals surface area contributed by atoms with Gasteiger partial charge in [-0.25, -0.2) is 4.98 Å². The quantitative estimate of drug-likeness (QED) is 0.744. The first-order chi connectivity index (χ1) is 11.1. The van der Waals surface area contributed by atoms with Crippen LogP contribution in [0.3, 0.4) is 0 Å². The second-order valence-corrected chi connectivity index (χ2v) is 6.86. The van der Waals surface area contributed by atoms with E-state index in [1.54, 1.807) is 0 Å². The molecule has 1 saturated carbocycles. The van der Waals surface area contributed by atoms with Crippen molar-refractivity contribution in [1.82, 2.24) is 20.5 Å². The molecule has 0 radical (unpaired) electrons. The van der Waals surface area contributed by atoms with Gasteiger partial charge in [-0.15, -0.1) is 0 Å². The predicted octanol–water partition coefficient (Wildman–Crippen LogP) is 2.37. The highest BCUT2D eigenvalue weighted by molar-refractivity contribution is 9.10. The number of benzene rings is 1. The molecule has 1 amide bonds. The van der Waals surface area contributed by atoms with E-state index < -0.39 is 0 Å². The second-order valence-electron chi connectivity index (χ2n) is 5.95. The first-order valence-electron chi connectivity index (χ1n) is 7.81. The lowest BCUT2D eigenvalue weighted by atomic mass is 10.00. The molecule has 1 fully saturated rings. The molecule has 2 atom stereocenters. The lowest BCUT2D eigenvalue weighted by molar-refractivity contribution is -0.122. The van der Waals surface area contributed by atoms with Gasteiger partial charge in [-0.3, -0.25) is 9.89 Å². The number of nitrogens with two attached hydrogens (primary N) is 1. The van der Waals surface area contributed by atoms with Crippen molar-refractivity contribution in [3.05, 3.63) is 34.6 Å². The van der Waals surface area contributed by atoms with E-state index in [-0.39, 0.29) is 11.9 Å². The number of amides is 1. The highest BCUT2D eigenvalue weighted by Gasteiger charge is 2.25. The maximum absolute atomic E-state index is 12.0. The number of carbonyl (C=O) groups is 1. The minimum Gasteiger partial charge on any atom is -0.349 e. The SMILES string of the molecule is N[C@@H]1CCC[C@H]1CC(=O)NCc1nc(-c2ccc(Br)cc2)n[nH]1. The first-order valence-corrected chi connectivity index (χ1v) is 8.60. The van der Waals surface area contributed by atoms with E-state index >= 15 is 0 Å². The predicted molar refractivity (Wildman–Crippen MR) is 91.3 cm³/mol. The van der Waals surface area contributed by atoms with Crippen molar-refractivity contribution in [3.63, 3.8) is 0 Å². The smallest absolute Gasteiger partial charge is 0.220 e. The fourth-order valence-electron chi connectivity index (χ4n) is 2.91. The molecule has 23 heavy (non-hydrogen) atoms. The van der Waals surface area contributed by atoms with Crippen LogP contribution in [-0.4, -0.2) is 27.1 Å². The fraction of sp³-hybridized carbons (Fsp3) is 0.438. The van der Waals surface area contributed by atoms with Crippen molar-refractivity contribution in [1.29, 1.82) is 0 Å². The Bertz CT molecular complexity index is 669. The Labute approximate surface area is 143 Å². The summed E-state index contributed by atoms with van der Waals surface area (Å²) in [4.78, 5) is 16.4. The molecule has 122 valence electrons. The van der Waals surface area contributed by atoms with Crippen molar-refractivity contribution in [2.75, 3.05) is 0 Å². The molecule has 0 aliphatic heterocycles. The van der Waals surface area contributed by atoms with Gasteiger partial charge in [0.15, 0.2) is 5.82 Å². The van der Waals surface area contributed by atoms with Crippen LogP contribution in [0.2, 0.25) is 0 Å². The summed E-state index contributed by atoms with van der Waals surface area (Å²) in [5.41, 5.74) is 6.93. The summed E-state index contributed by atoms with van der Waals surface area (Å²) >= 11 is 3.40. The van der Waals surface area contributed by atoms with Gasteiger partial charge in [0.05, 0.1) is 6.54 Å². The normalized spacial score (nSPS) is 20.6. The van der Waals surface area contributed by atoms with E-state index in [1.807, 2.05) is 24.3 Å². The van der Waals surface area contributed by atoms with Gasteiger partial charge < -0.3 is 11.1 Å². The van der Waals surface area contributed by atoms with Crippen LogP contribution in [0.1, 0.15) is 31.5 Å². The molecule has 1 aliphatic rings. The highest BCUT2D eigenvalue weighted by Crippen LogP contribution is 2.26. The number of hydrogen-bond donors (Lipinski definition) is 3. The first kappa shape index (κ1) is 16.1. The van der Waals surface area contributed by atoms with Crippen LogP contribution in [0.15, 0.2) is 28.7 Å². The zero-order valence-corrected chi connectivity index (χ0v) is 14.3. The maximum Gasteiger partial charge on any atom is 0.220 e. The van der Waals surface area contributed by atoms with E-state index in [0.717, 1.165) is 29.3 Å². The van der Waals surface area contributed by atoms with Crippen LogP contribution in [0, 0.1) is 5.92 Å². The molecule has 1 heterocycles. The molecular formula is C16H20BrN5O. The minimum absolute atomic E-state index is 0.0222. The van der Waals surface area contributed by atoms with Crippen molar-refractivity contribution in [2.45, 2.75) is 38.3 Å². The van der Waals surface area contributed by atoms with Crippen molar-refractivity contribution < 1.29 is 4.79 Å². The fourth-order valence-corrected chi connectivity index (χ4v) is 3.18. The third-order valence-electron chi connectivity index (χ3n) is 4.25. The van der Waals surface area contributed by atoms with Gasteiger partial charge in [0.1, 0.15) is 5.82 Å². The van der Waals surface area contributed by atoms with Crippen molar-refractivity contribution >= 4 is 21.8 Å². The number of nitrogens with one attached hydrogen (secondary N) is 2. The Kier molecular flexibility index (Phi) is 5.07. The van der Waals surface area contributed by atoms with E-state index in [4.69, 9.17) is 5.73 Å². The number of aromatic amines is 1. The Morgan fingerprint density at radius 1 is 1.35 bits per heavy atom. The van der Waals surface area contributed by atoms with Gasteiger partial charge in [0.25, 0.3) is 0 Å². The highest BCUT2D eigenvalue weighted by atomic mass is 79.9. The number of rotatable bonds is 5. The van der Waals surface area contributed by atoms with Crippen LogP contribution in [0.4, 0.5) is 0 Å². The molecule has 1 aromatic carbocycles. The Hall–Kier alpha value is -1.73. The molecule has 2 aromatic rings. The van der Waals surface area contributed by atoms with E-state index in [1.165, 1.54) is 0 Å². The van der Waals surface area contributed by atoms with Crippen LogP contribution in [0.5, 0.6) is 0 Å². The molecule has 1 aromatic heterocycles. The molecule has 0 spiro atoms. The van der Waals surface area contributed by atoms with E-state index in [9.17, 15) is 4.79 Å². The zero-order valence-electron chi connectivity index (χ0n) is 12.8. The zero-order chi connectivity index (χ0) is 16.2. The third kappa shape index (κ3) is 4.17. The summed E-state index contributed by atoms with van der Waals surface area (Å²) in [6.45, 7) is 0.352. The van der Waals surface area contributed by atoms with Crippen LogP contribution < -0.4 is 11.1 Å². The van der Waals surface area contributed by atoms with Crippen LogP contribution in [0.25, 0.3) is 11.4 Å². The van der Waals surface area contributed by atoms with Gasteiger partial charge in [-0.1, -0.05) is 34.5 Å². The molecular weight excluding hydrogens is 358 g/mol. The molecule has 0 bridgehead atoms. The second kappa shape index (κ2) is 7.23. The number of halogens is 1. The molecule has 3 rings (SSSR count). The minimum atomic E-state index is 0.0222. The standard InChI is InChI=1S/C16H20BrN5O/c17-12-6-4-10(5-7-12)16-20-14(21-22-16)9-19-15(23)8-11-2-1-3-13(11)18/h4-7,11,13H,1-3,8-9,18H2,(H,19,23)(H,20,21,22)/t11-,13+/m0/s1. The monoisotopic (exact) mass is 377 g/mol. The van der Waals surface area contributed by atoms with Gasteiger partial charge in [-0.2, -0.15) is 5.10 Å². The third-order valence-corrected chi connectivity index (χ3v) is 4.78. The summed E-state index contributed by atoms with van der Waals surface area (Å²) in [7, 11) is 0. The average molecular weight is 378 g/mol. The summed E-state index contributed by atoms with van der Waals surface area (Å²) < 4.78 is 1.01. The molecule has 7 heteroatoms. The number of hydrogen-bond acceptors (Lipinski definition) is 4. The maximum atomic E-state index is 12.0. The molecule has 6 nitrogen and oxygen atoms in total. The topological polar surface area (TPSA) is 96.7 Å². The van der Waals surface area contributed by atoms with Gasteiger partial charge in [-0.05, 0) is 30.9 Å². The number of H-pyrrole nitrogens is 1. The van der Waals surface area contributed by atoms with Gasteiger partial charge in [0, 0.05) is 22.5 Å². The van der Waals surface area contributed by atoms with Gasteiger partial charge in [0.2, 0.25) is 5.91 Å². The lowest BCUT2D eigenvalue weighted by Gasteiger charge is -2.14. The molecule has 4 N–H and O–H groups in total. The Balaban J connectivity index is 1.53. The number of aromatic nitrogens is 3. The van der Waals surface area contributed by atoms with Crippen LogP contribution >= 0.6 is 15.9 Å².